The maximum atomic E-state index is 12.0. The van der Waals surface area contributed by atoms with Crippen LogP contribution in [0.2, 0.25) is 0 Å². The molecule has 2 rings (SSSR count). The molecule has 1 aromatic carbocycles. The number of imide groups is 1. The second kappa shape index (κ2) is 5.92. The molecular weight excluding hydrogens is 298 g/mol. The van der Waals surface area contributed by atoms with E-state index in [9.17, 15) is 24.5 Å². The molecule has 0 aromatic heterocycles. The summed E-state index contributed by atoms with van der Waals surface area (Å²) in [6.07, 6.45) is 0. The average molecular weight is 309 g/mol. The maximum Gasteiger partial charge on any atom is 0.286 e. The van der Waals surface area contributed by atoms with E-state index in [1.807, 2.05) is 0 Å². The van der Waals surface area contributed by atoms with Crippen LogP contribution in [0.15, 0.2) is 24.3 Å². The molecule has 3 amide bonds. The Morgan fingerprint density at radius 3 is 2.48 bits per heavy atom. The summed E-state index contributed by atoms with van der Waals surface area (Å²) >= 11 is 0.777. The van der Waals surface area contributed by atoms with Crippen molar-refractivity contribution < 1.29 is 19.3 Å². The Kier molecular flexibility index (Phi) is 4.22. The number of hydrogen-bond donors (Lipinski definition) is 2. The van der Waals surface area contributed by atoms with E-state index in [0.717, 1.165) is 11.8 Å². The Bertz CT molecular complexity index is 616. The lowest BCUT2D eigenvalue weighted by molar-refractivity contribution is -0.384. The highest BCUT2D eigenvalue weighted by Gasteiger charge is 2.38. The Morgan fingerprint density at radius 1 is 1.38 bits per heavy atom. The first-order valence-electron chi connectivity index (χ1n) is 5.95. The number of nitrogens with zero attached hydrogens (tertiary/aromatic N) is 1. The van der Waals surface area contributed by atoms with E-state index in [2.05, 4.69) is 10.6 Å². The zero-order chi connectivity index (χ0) is 15.6. The molecule has 0 spiro atoms. The van der Waals surface area contributed by atoms with Crippen molar-refractivity contribution in [1.29, 1.82) is 0 Å². The van der Waals surface area contributed by atoms with Gasteiger partial charge >= 0.3 is 0 Å². The van der Waals surface area contributed by atoms with Crippen LogP contribution in [0.4, 0.5) is 16.2 Å². The number of non-ortho nitro benzene ring substituents is 1. The van der Waals surface area contributed by atoms with Gasteiger partial charge in [-0.15, -0.1) is 0 Å². The van der Waals surface area contributed by atoms with Crippen LogP contribution in [-0.2, 0) is 9.59 Å². The van der Waals surface area contributed by atoms with Gasteiger partial charge in [0.05, 0.1) is 10.8 Å². The molecule has 0 bridgehead atoms. The minimum atomic E-state index is -0.768. The third-order valence-corrected chi connectivity index (χ3v) is 4.12. The smallest absolute Gasteiger partial charge is 0.286 e. The summed E-state index contributed by atoms with van der Waals surface area (Å²) in [6, 6.07) is 5.33. The number of nitro groups is 1. The molecule has 1 fully saturated rings. The van der Waals surface area contributed by atoms with E-state index in [1.54, 1.807) is 0 Å². The van der Waals surface area contributed by atoms with Crippen molar-refractivity contribution in [3.8, 4) is 0 Å². The zero-order valence-corrected chi connectivity index (χ0v) is 11.7. The van der Waals surface area contributed by atoms with E-state index in [4.69, 9.17) is 0 Å². The number of carbonyl (C=O) groups excluding carboxylic acids is 3. The Balaban J connectivity index is 2.02. The molecule has 1 aliphatic heterocycles. The first-order chi connectivity index (χ1) is 9.88. The number of anilines is 1. The Morgan fingerprint density at radius 2 is 2.00 bits per heavy atom. The van der Waals surface area contributed by atoms with Gasteiger partial charge in [0.25, 0.3) is 10.9 Å². The summed E-state index contributed by atoms with van der Waals surface area (Å²) < 4.78 is 0. The molecule has 1 heterocycles. The summed E-state index contributed by atoms with van der Waals surface area (Å²) in [5.41, 5.74) is 0.296. The number of rotatable bonds is 4. The van der Waals surface area contributed by atoms with Gasteiger partial charge in [0, 0.05) is 17.8 Å². The number of carbonyl (C=O) groups is 3. The fraction of sp³-hybridized carbons (Fsp3) is 0.250. The van der Waals surface area contributed by atoms with Gasteiger partial charge in [0.2, 0.25) is 11.8 Å². The topological polar surface area (TPSA) is 118 Å². The molecule has 110 valence electrons. The van der Waals surface area contributed by atoms with Crippen LogP contribution in [0.1, 0.15) is 6.92 Å². The van der Waals surface area contributed by atoms with Crippen molar-refractivity contribution in [2.75, 3.05) is 5.32 Å². The molecular formula is C12H11N3O5S. The van der Waals surface area contributed by atoms with Crippen LogP contribution >= 0.6 is 11.8 Å². The maximum absolute atomic E-state index is 12.0. The van der Waals surface area contributed by atoms with Crippen molar-refractivity contribution in [1.82, 2.24) is 5.32 Å². The zero-order valence-electron chi connectivity index (χ0n) is 10.9. The van der Waals surface area contributed by atoms with Crippen LogP contribution in [0.5, 0.6) is 0 Å². The van der Waals surface area contributed by atoms with E-state index in [1.165, 1.54) is 31.2 Å². The highest BCUT2D eigenvalue weighted by molar-refractivity contribution is 8.15. The van der Waals surface area contributed by atoms with Crippen LogP contribution < -0.4 is 10.6 Å². The largest absolute Gasteiger partial charge is 0.326 e. The van der Waals surface area contributed by atoms with E-state index < -0.39 is 33.1 Å². The monoisotopic (exact) mass is 309 g/mol. The molecule has 1 aromatic rings. The summed E-state index contributed by atoms with van der Waals surface area (Å²) in [4.78, 5) is 44.6. The lowest BCUT2D eigenvalue weighted by Crippen LogP contribution is -2.35. The standard InChI is InChI=1S/C12H11N3O5S/c1-6(9-11(17)14-12(18)21-9)10(16)13-7-2-4-8(5-3-7)15(19)20/h2-6,9H,1H3,(H,13,16)(H,14,17,18). The van der Waals surface area contributed by atoms with Crippen LogP contribution in [0.3, 0.4) is 0 Å². The average Bonchev–Trinajstić information content (AvgIpc) is 2.77. The molecule has 9 heteroatoms. The molecule has 1 aliphatic rings. The first-order valence-corrected chi connectivity index (χ1v) is 6.83. The number of nitrogens with one attached hydrogen (secondary N) is 2. The Hall–Kier alpha value is -2.42. The number of nitro benzene ring substituents is 1. The van der Waals surface area contributed by atoms with Gasteiger partial charge in [-0.1, -0.05) is 18.7 Å². The second-order valence-corrected chi connectivity index (χ2v) is 5.51. The van der Waals surface area contributed by atoms with Crippen molar-refractivity contribution in [3.63, 3.8) is 0 Å². The summed E-state index contributed by atoms with van der Waals surface area (Å²) in [7, 11) is 0. The van der Waals surface area contributed by atoms with E-state index >= 15 is 0 Å². The number of thioether (sulfide) groups is 1. The predicted octanol–water partition coefficient (Wildman–Crippen LogP) is 1.52. The summed E-state index contributed by atoms with van der Waals surface area (Å²) in [5.74, 6) is -1.64. The van der Waals surface area contributed by atoms with Crippen molar-refractivity contribution >= 4 is 40.2 Å². The molecule has 21 heavy (non-hydrogen) atoms. The second-order valence-electron chi connectivity index (χ2n) is 4.40. The first kappa shape index (κ1) is 15.0. The van der Waals surface area contributed by atoms with Crippen LogP contribution in [0.25, 0.3) is 0 Å². The molecule has 2 atom stereocenters. The van der Waals surface area contributed by atoms with E-state index in [-0.39, 0.29) is 5.69 Å². The van der Waals surface area contributed by atoms with Gasteiger partial charge in [-0.3, -0.25) is 29.8 Å². The molecule has 2 N–H and O–H groups in total. The molecule has 1 saturated heterocycles. The van der Waals surface area contributed by atoms with E-state index in [0.29, 0.717) is 5.69 Å². The molecule has 8 nitrogen and oxygen atoms in total. The third kappa shape index (κ3) is 3.37. The fourth-order valence-electron chi connectivity index (χ4n) is 1.76. The quantitative estimate of drug-likeness (QED) is 0.643. The fourth-order valence-corrected chi connectivity index (χ4v) is 2.64. The summed E-state index contributed by atoms with van der Waals surface area (Å²) in [5, 5.41) is 14.0. The van der Waals surface area contributed by atoms with Crippen molar-refractivity contribution in [2.45, 2.75) is 12.2 Å². The summed E-state index contributed by atoms with van der Waals surface area (Å²) in [6.45, 7) is 1.54. The Labute approximate surface area is 123 Å². The number of amides is 3. The third-order valence-electron chi connectivity index (χ3n) is 2.93. The number of benzene rings is 1. The van der Waals surface area contributed by atoms with Gasteiger partial charge in [0.1, 0.15) is 5.25 Å². The highest BCUT2D eigenvalue weighted by Crippen LogP contribution is 2.27. The van der Waals surface area contributed by atoms with Crippen LogP contribution in [0, 0.1) is 16.0 Å². The van der Waals surface area contributed by atoms with Crippen molar-refractivity contribution in [2.24, 2.45) is 5.92 Å². The van der Waals surface area contributed by atoms with Gasteiger partial charge in [-0.2, -0.15) is 0 Å². The van der Waals surface area contributed by atoms with Crippen LogP contribution in [-0.4, -0.2) is 27.2 Å². The predicted molar refractivity (Wildman–Crippen MR) is 75.8 cm³/mol. The molecule has 2 unspecified atom stereocenters. The number of hydrogen-bond acceptors (Lipinski definition) is 6. The minimum absolute atomic E-state index is 0.0858. The molecule has 0 aliphatic carbocycles. The van der Waals surface area contributed by atoms with Gasteiger partial charge < -0.3 is 5.32 Å². The molecule has 0 radical (unpaired) electrons. The van der Waals surface area contributed by atoms with Gasteiger partial charge in [0.15, 0.2) is 0 Å². The lowest BCUT2D eigenvalue weighted by Gasteiger charge is -2.15. The highest BCUT2D eigenvalue weighted by atomic mass is 32.2. The van der Waals surface area contributed by atoms with Gasteiger partial charge in [-0.05, 0) is 12.1 Å². The normalized spacial score (nSPS) is 19.0. The lowest BCUT2D eigenvalue weighted by atomic mass is 10.1. The van der Waals surface area contributed by atoms with Crippen molar-refractivity contribution in [3.05, 3.63) is 34.4 Å². The molecule has 0 saturated carbocycles. The minimum Gasteiger partial charge on any atom is -0.326 e. The van der Waals surface area contributed by atoms with Gasteiger partial charge in [-0.25, -0.2) is 0 Å². The SMILES string of the molecule is CC(C(=O)Nc1ccc([N+](=O)[O-])cc1)C1SC(=O)NC1=O.